The lowest BCUT2D eigenvalue weighted by Gasteiger charge is -2.30. The van der Waals surface area contributed by atoms with Crippen molar-refractivity contribution in [1.82, 2.24) is 5.06 Å². The molecule has 1 fully saturated rings. The summed E-state index contributed by atoms with van der Waals surface area (Å²) < 4.78 is 70.6. The molecule has 3 aliphatic heterocycles. The Kier molecular flexibility index (Phi) is 22.4. The third kappa shape index (κ3) is 14.8. The van der Waals surface area contributed by atoms with Crippen molar-refractivity contribution in [3.8, 4) is 0 Å². The van der Waals surface area contributed by atoms with Crippen molar-refractivity contribution >= 4 is 55.1 Å². The van der Waals surface area contributed by atoms with E-state index in [0.29, 0.717) is 37.4 Å². The first-order valence-electron chi connectivity index (χ1n) is 20.6. The number of para-hydroxylation sites is 2. The molecule has 1 unspecified atom stereocenters. The number of nitrogens with two attached hydrogens (primary N) is 1. The third-order valence-electron chi connectivity index (χ3n) is 10.5. The minimum absolute atomic E-state index is 0. The maximum atomic E-state index is 12.4. The van der Waals surface area contributed by atoms with E-state index in [1.165, 1.54) is 0 Å². The van der Waals surface area contributed by atoms with Crippen LogP contribution in [0.1, 0.15) is 125 Å². The van der Waals surface area contributed by atoms with Gasteiger partial charge in [0, 0.05) is 78.2 Å². The van der Waals surface area contributed by atoms with Crippen LogP contribution in [0.2, 0.25) is 0 Å². The fourth-order valence-electron chi connectivity index (χ4n) is 7.79. The van der Waals surface area contributed by atoms with Crippen LogP contribution in [0.3, 0.4) is 0 Å². The number of imide groups is 1. The molecule has 62 heavy (non-hydrogen) atoms. The molecule has 3 aliphatic rings. The van der Waals surface area contributed by atoms with Gasteiger partial charge in [0.2, 0.25) is 5.69 Å². The molecule has 5 rings (SSSR count). The van der Waals surface area contributed by atoms with Crippen LogP contribution in [0.4, 0.5) is 11.4 Å². The molecule has 3 heterocycles. The Morgan fingerprint density at radius 1 is 0.823 bits per heavy atom. The lowest BCUT2D eigenvalue weighted by atomic mass is 9.77. The summed E-state index contributed by atoms with van der Waals surface area (Å²) in [5.74, 6) is -2.63. The first kappa shape index (κ1) is 55.5. The van der Waals surface area contributed by atoms with Crippen LogP contribution >= 0.6 is 0 Å². The molecule has 2 aromatic carbocycles. The van der Waals surface area contributed by atoms with Crippen LogP contribution in [0, 0.1) is 0 Å². The standard InChI is InChI=1S/C40H49N3O10S2.C2H7N.C2H6.2CH4/c1-39(2)30-16-9-11-18-32(30)41(26-14-28-54(47,48)49)34(39)20-6-4-7-21-35-40(3,25-13-5-8-22-38(46)53-43-36(44)23-24-37(43)45)31-17-10-12-19-33(31)42(35)27-15-29-55(50,51)52;1-2-3;1-2;;/h4,6-7,9-12,16-21H,5,8,13-15,22-29H2,1-3H3,(H-,47,48,49,50,51,52);2-3H2,1H3;1-2H3;2*1H4/p-1. The average molecular weight is 902 g/mol. The quantitative estimate of drug-likeness (QED) is 0.0506. The van der Waals surface area contributed by atoms with E-state index in [1.807, 2.05) is 99.7 Å². The number of fused-ring (bicyclic) bond motifs is 2. The predicted octanol–water partition coefficient (Wildman–Crippen LogP) is 7.53. The van der Waals surface area contributed by atoms with Gasteiger partial charge in [-0.1, -0.05) is 103 Å². The number of anilines is 1. The highest BCUT2D eigenvalue weighted by atomic mass is 32.2. The molecule has 0 saturated carbocycles. The van der Waals surface area contributed by atoms with Crippen LogP contribution in [0.15, 0.2) is 84.6 Å². The second-order valence-electron chi connectivity index (χ2n) is 15.2. The van der Waals surface area contributed by atoms with Crippen molar-refractivity contribution < 1.29 is 49.7 Å². The summed E-state index contributed by atoms with van der Waals surface area (Å²) in [4.78, 5) is 43.0. The van der Waals surface area contributed by atoms with E-state index < -0.39 is 54.9 Å². The maximum Gasteiger partial charge on any atom is 0.333 e. The van der Waals surface area contributed by atoms with E-state index in [4.69, 9.17) is 10.6 Å². The first-order chi connectivity index (χ1) is 28.3. The normalized spacial score (nSPS) is 18.5. The van der Waals surface area contributed by atoms with Gasteiger partial charge in [-0.2, -0.15) is 4.58 Å². The van der Waals surface area contributed by atoms with Crippen LogP contribution in [-0.4, -0.2) is 90.2 Å². The van der Waals surface area contributed by atoms with Crippen LogP contribution in [0.25, 0.3) is 0 Å². The minimum Gasteiger partial charge on any atom is -0.748 e. The van der Waals surface area contributed by atoms with Crippen LogP contribution < -0.4 is 10.6 Å². The first-order valence-corrected chi connectivity index (χ1v) is 23.8. The zero-order chi connectivity index (χ0) is 44.7. The maximum absolute atomic E-state index is 12.4. The smallest absolute Gasteiger partial charge is 0.333 e. The fraction of sp³-hybridized carbons (Fsp3) is 0.522. The van der Waals surface area contributed by atoms with Crippen molar-refractivity contribution in [3.63, 3.8) is 0 Å². The van der Waals surface area contributed by atoms with Crippen LogP contribution in [-0.2, 0) is 50.3 Å². The Bertz CT molecular complexity index is 2160. The molecule has 0 bridgehead atoms. The lowest BCUT2D eigenvalue weighted by molar-refractivity contribution is -0.437. The van der Waals surface area contributed by atoms with E-state index in [1.54, 1.807) is 0 Å². The molecule has 14 nitrogen and oxygen atoms in total. The second kappa shape index (κ2) is 25.0. The largest absolute Gasteiger partial charge is 0.748 e. The molecule has 2 aromatic rings. The van der Waals surface area contributed by atoms with Crippen molar-refractivity contribution in [2.24, 2.45) is 5.73 Å². The molecular formula is C46H69N4O10S2-. The number of rotatable bonds is 18. The molecule has 0 radical (unpaired) electrons. The van der Waals surface area contributed by atoms with Gasteiger partial charge >= 0.3 is 5.97 Å². The fourth-order valence-corrected chi connectivity index (χ4v) is 8.75. The van der Waals surface area contributed by atoms with Crippen LogP contribution in [0.5, 0.6) is 0 Å². The van der Waals surface area contributed by atoms with Crippen molar-refractivity contribution in [1.29, 1.82) is 0 Å². The highest BCUT2D eigenvalue weighted by Gasteiger charge is 2.44. The van der Waals surface area contributed by atoms with Gasteiger partial charge in [-0.25, -0.2) is 21.6 Å². The summed E-state index contributed by atoms with van der Waals surface area (Å²) in [6, 6.07) is 15.8. The summed E-state index contributed by atoms with van der Waals surface area (Å²) in [7, 11) is -8.76. The summed E-state index contributed by atoms with van der Waals surface area (Å²) in [6.45, 7) is 13.6. The number of nitrogens with zero attached hydrogens (tertiary/aromatic N) is 3. The van der Waals surface area contributed by atoms with E-state index in [-0.39, 0.29) is 52.4 Å². The Balaban J connectivity index is 0.00000263. The summed E-state index contributed by atoms with van der Waals surface area (Å²) >= 11 is 0. The summed E-state index contributed by atoms with van der Waals surface area (Å²) in [5, 5.41) is 0.555. The number of hydrogen-bond donors (Lipinski definition) is 1. The molecule has 2 N–H and O–H groups in total. The highest BCUT2D eigenvalue weighted by Crippen LogP contribution is 2.50. The average Bonchev–Trinajstić information content (AvgIpc) is 3.71. The molecule has 16 heteroatoms. The van der Waals surface area contributed by atoms with Gasteiger partial charge in [0.05, 0.1) is 25.7 Å². The third-order valence-corrected chi connectivity index (χ3v) is 12.1. The van der Waals surface area contributed by atoms with Crippen molar-refractivity contribution in [3.05, 3.63) is 95.7 Å². The molecule has 2 amide bonds. The van der Waals surface area contributed by atoms with E-state index in [2.05, 4.69) is 30.2 Å². The van der Waals surface area contributed by atoms with Gasteiger partial charge < -0.3 is 24.6 Å². The molecule has 0 spiro atoms. The molecule has 0 aromatic heterocycles. The number of hydroxylamine groups is 2. The summed E-state index contributed by atoms with van der Waals surface area (Å²) in [6.07, 6.45) is 12.7. The highest BCUT2D eigenvalue weighted by molar-refractivity contribution is 7.85. The number of carbonyl (C=O) groups is 3. The monoisotopic (exact) mass is 901 g/mol. The molecule has 346 valence electrons. The van der Waals surface area contributed by atoms with E-state index in [9.17, 15) is 40.3 Å². The van der Waals surface area contributed by atoms with Gasteiger partial charge in [0.25, 0.3) is 11.8 Å². The predicted molar refractivity (Wildman–Crippen MR) is 245 cm³/mol. The Morgan fingerprint density at radius 3 is 2.00 bits per heavy atom. The van der Waals surface area contributed by atoms with Gasteiger partial charge in [0.1, 0.15) is 6.54 Å². The van der Waals surface area contributed by atoms with E-state index >= 15 is 0 Å². The van der Waals surface area contributed by atoms with Crippen molar-refractivity contribution in [2.75, 3.05) is 36.0 Å². The Hall–Kier alpha value is -4.48. The number of carbonyl (C=O) groups excluding carboxylic acids is 3. The molecule has 1 atom stereocenters. The molecular weight excluding hydrogens is 833 g/mol. The van der Waals surface area contributed by atoms with Gasteiger partial charge in [0.15, 0.2) is 5.71 Å². The SMILES string of the molecule is C.C.CC.CC1(C)C(/C=C/C=C/C=C2\N(CCCS(=O)(=O)[O-])c3ccccc3C2(C)CCCCCC(=O)ON2C(=O)CCC2=O)=[N+](CCCS(=O)(=O)[O-])c2ccccc21.CCN. The summed E-state index contributed by atoms with van der Waals surface area (Å²) in [5.41, 5.74) is 9.86. The number of unbranched alkanes of at least 4 members (excludes halogenated alkanes) is 2. The number of benzene rings is 2. The van der Waals surface area contributed by atoms with Gasteiger partial charge in [-0.05, 0) is 64.3 Å². The van der Waals surface area contributed by atoms with Gasteiger partial charge in [-0.15, -0.1) is 5.06 Å². The topological polar surface area (TPSA) is 210 Å². The molecule has 0 aliphatic carbocycles. The van der Waals surface area contributed by atoms with E-state index in [0.717, 1.165) is 46.9 Å². The molecule has 1 saturated heterocycles. The zero-order valence-corrected chi connectivity index (χ0v) is 37.4. The minimum atomic E-state index is -4.41. The lowest BCUT2D eigenvalue weighted by Crippen LogP contribution is -2.32. The Labute approximate surface area is 371 Å². The van der Waals surface area contributed by atoms with Crippen molar-refractivity contribution in [2.45, 2.75) is 125 Å². The number of amides is 2. The van der Waals surface area contributed by atoms with Gasteiger partial charge in [-0.3, -0.25) is 9.59 Å². The zero-order valence-electron chi connectivity index (χ0n) is 35.7. The number of hydrogen-bond acceptors (Lipinski definition) is 12. The Morgan fingerprint density at radius 2 is 1.39 bits per heavy atom. The number of allylic oxidation sites excluding steroid dienone is 6. The second-order valence-corrected chi connectivity index (χ2v) is 18.3.